The third kappa shape index (κ3) is 4.45. The smallest absolute Gasteiger partial charge is 0.119 e. The van der Waals surface area contributed by atoms with E-state index in [4.69, 9.17) is 15.2 Å². The molecule has 0 spiro atoms. The molecule has 112 valence electrons. The number of nitrogens with zero attached hydrogens (tertiary/aromatic N) is 1. The molecule has 0 aliphatic carbocycles. The van der Waals surface area contributed by atoms with Gasteiger partial charge in [-0.3, -0.25) is 4.90 Å². The quantitative estimate of drug-likeness (QED) is 0.799. The number of hydrogen-bond donors (Lipinski definition) is 2. The van der Waals surface area contributed by atoms with E-state index in [9.17, 15) is 5.11 Å². The van der Waals surface area contributed by atoms with Crippen LogP contribution in [0.25, 0.3) is 0 Å². The molecule has 1 fully saturated rings. The second-order valence-electron chi connectivity index (χ2n) is 5.21. The van der Waals surface area contributed by atoms with Gasteiger partial charge in [0.2, 0.25) is 0 Å². The van der Waals surface area contributed by atoms with Gasteiger partial charge in [0.25, 0.3) is 0 Å². The fraction of sp³-hybridized carbons (Fsp3) is 0.600. The van der Waals surface area contributed by atoms with Crippen molar-refractivity contribution in [2.75, 3.05) is 32.8 Å². The van der Waals surface area contributed by atoms with Gasteiger partial charge in [-0.25, -0.2) is 0 Å². The van der Waals surface area contributed by atoms with Crippen LogP contribution in [0.1, 0.15) is 12.5 Å². The van der Waals surface area contributed by atoms with Crippen LogP contribution in [0.15, 0.2) is 24.3 Å². The molecular formula is C15H24N2O3. The van der Waals surface area contributed by atoms with Crippen LogP contribution < -0.4 is 10.5 Å². The zero-order valence-corrected chi connectivity index (χ0v) is 12.0. The average Bonchev–Trinajstić information content (AvgIpc) is 2.47. The predicted molar refractivity (Wildman–Crippen MR) is 77.7 cm³/mol. The number of aliphatic hydroxyl groups is 1. The molecule has 1 heterocycles. The second kappa shape index (κ2) is 7.59. The lowest BCUT2D eigenvalue weighted by Crippen LogP contribution is -2.49. The number of morpholine rings is 1. The number of aliphatic hydroxyl groups excluding tert-OH is 1. The summed E-state index contributed by atoms with van der Waals surface area (Å²) in [5.74, 6) is 0.855. The van der Waals surface area contributed by atoms with E-state index >= 15 is 0 Å². The highest BCUT2D eigenvalue weighted by Crippen LogP contribution is 2.14. The standard InChI is InChI=1S/C15H24N2O3/c1-12-9-17(10-15(11-18)20-12)5-6-19-14-4-2-3-13(7-14)8-16/h2-4,7,12,15,18H,5-6,8-11,16H2,1H3. The van der Waals surface area contributed by atoms with Crippen molar-refractivity contribution in [2.45, 2.75) is 25.7 Å². The third-order valence-electron chi connectivity index (χ3n) is 3.42. The van der Waals surface area contributed by atoms with Gasteiger partial charge in [-0.2, -0.15) is 0 Å². The molecule has 2 rings (SSSR count). The molecule has 1 saturated heterocycles. The Morgan fingerprint density at radius 1 is 1.45 bits per heavy atom. The summed E-state index contributed by atoms with van der Waals surface area (Å²) in [5, 5.41) is 9.19. The van der Waals surface area contributed by atoms with Crippen LogP contribution in [0.4, 0.5) is 0 Å². The minimum Gasteiger partial charge on any atom is -0.492 e. The summed E-state index contributed by atoms with van der Waals surface area (Å²) in [6.45, 7) is 5.71. The Balaban J connectivity index is 1.77. The highest BCUT2D eigenvalue weighted by atomic mass is 16.5. The van der Waals surface area contributed by atoms with E-state index in [2.05, 4.69) is 4.90 Å². The van der Waals surface area contributed by atoms with Crippen LogP contribution in [-0.4, -0.2) is 55.1 Å². The summed E-state index contributed by atoms with van der Waals surface area (Å²) in [7, 11) is 0. The molecule has 1 aliphatic heterocycles. The maximum atomic E-state index is 9.19. The molecule has 1 aromatic rings. The lowest BCUT2D eigenvalue weighted by atomic mass is 10.2. The van der Waals surface area contributed by atoms with Crippen molar-refractivity contribution in [3.05, 3.63) is 29.8 Å². The average molecular weight is 280 g/mol. The zero-order chi connectivity index (χ0) is 14.4. The van der Waals surface area contributed by atoms with Crippen molar-refractivity contribution in [1.29, 1.82) is 0 Å². The van der Waals surface area contributed by atoms with Gasteiger partial charge >= 0.3 is 0 Å². The molecule has 2 unspecified atom stereocenters. The van der Waals surface area contributed by atoms with E-state index in [0.717, 1.165) is 30.9 Å². The monoisotopic (exact) mass is 280 g/mol. The molecule has 0 amide bonds. The molecule has 0 aromatic heterocycles. The van der Waals surface area contributed by atoms with Gasteiger partial charge < -0.3 is 20.3 Å². The van der Waals surface area contributed by atoms with E-state index in [1.807, 2.05) is 31.2 Å². The molecule has 2 atom stereocenters. The zero-order valence-electron chi connectivity index (χ0n) is 12.0. The molecule has 0 radical (unpaired) electrons. The van der Waals surface area contributed by atoms with Gasteiger partial charge in [-0.1, -0.05) is 12.1 Å². The lowest BCUT2D eigenvalue weighted by molar-refractivity contribution is -0.0965. The third-order valence-corrected chi connectivity index (χ3v) is 3.42. The van der Waals surface area contributed by atoms with E-state index in [1.165, 1.54) is 0 Å². The molecule has 3 N–H and O–H groups in total. The lowest BCUT2D eigenvalue weighted by Gasteiger charge is -2.35. The first-order valence-corrected chi connectivity index (χ1v) is 7.11. The Hall–Kier alpha value is -1.14. The Morgan fingerprint density at radius 2 is 2.30 bits per heavy atom. The van der Waals surface area contributed by atoms with Crippen molar-refractivity contribution < 1.29 is 14.6 Å². The molecule has 5 nitrogen and oxygen atoms in total. The number of ether oxygens (including phenoxy) is 2. The van der Waals surface area contributed by atoms with Gasteiger partial charge in [0.1, 0.15) is 12.4 Å². The second-order valence-corrected chi connectivity index (χ2v) is 5.21. The molecular weight excluding hydrogens is 256 g/mol. The van der Waals surface area contributed by atoms with E-state index in [-0.39, 0.29) is 18.8 Å². The van der Waals surface area contributed by atoms with Crippen LogP contribution in [0.5, 0.6) is 5.75 Å². The Bertz CT molecular complexity index is 414. The molecule has 5 heteroatoms. The molecule has 0 bridgehead atoms. The van der Waals surface area contributed by atoms with Gasteiger partial charge in [0.05, 0.1) is 18.8 Å². The molecule has 1 aromatic carbocycles. The van der Waals surface area contributed by atoms with Crippen molar-refractivity contribution >= 4 is 0 Å². The summed E-state index contributed by atoms with van der Waals surface area (Å²) >= 11 is 0. The molecule has 1 aliphatic rings. The number of nitrogens with two attached hydrogens (primary N) is 1. The van der Waals surface area contributed by atoms with Gasteiger partial charge in [0.15, 0.2) is 0 Å². The summed E-state index contributed by atoms with van der Waals surface area (Å²) < 4.78 is 11.4. The van der Waals surface area contributed by atoms with Crippen LogP contribution >= 0.6 is 0 Å². The molecule has 20 heavy (non-hydrogen) atoms. The van der Waals surface area contributed by atoms with Crippen LogP contribution in [0.3, 0.4) is 0 Å². The highest BCUT2D eigenvalue weighted by molar-refractivity contribution is 5.28. The Kier molecular flexibility index (Phi) is 5.79. The van der Waals surface area contributed by atoms with Gasteiger partial charge in [-0.15, -0.1) is 0 Å². The SMILES string of the molecule is CC1CN(CCOc2cccc(CN)c2)CC(CO)O1. The van der Waals surface area contributed by atoms with Crippen LogP contribution in [-0.2, 0) is 11.3 Å². The largest absolute Gasteiger partial charge is 0.492 e. The first kappa shape index (κ1) is 15.3. The summed E-state index contributed by atoms with van der Waals surface area (Å²) in [5.41, 5.74) is 6.68. The van der Waals surface area contributed by atoms with Crippen molar-refractivity contribution in [2.24, 2.45) is 5.73 Å². The maximum absolute atomic E-state index is 9.19. The number of hydrogen-bond acceptors (Lipinski definition) is 5. The van der Waals surface area contributed by atoms with Gasteiger partial charge in [0, 0.05) is 26.2 Å². The minimum absolute atomic E-state index is 0.0697. The maximum Gasteiger partial charge on any atom is 0.119 e. The van der Waals surface area contributed by atoms with Crippen molar-refractivity contribution in [3.8, 4) is 5.75 Å². The van der Waals surface area contributed by atoms with Crippen molar-refractivity contribution in [1.82, 2.24) is 4.90 Å². The number of benzene rings is 1. The summed E-state index contributed by atoms with van der Waals surface area (Å²) in [6, 6.07) is 7.86. The fourth-order valence-corrected chi connectivity index (χ4v) is 2.48. The van der Waals surface area contributed by atoms with Gasteiger partial charge in [-0.05, 0) is 24.6 Å². The minimum atomic E-state index is -0.0840. The van der Waals surface area contributed by atoms with E-state index < -0.39 is 0 Å². The van der Waals surface area contributed by atoms with Crippen molar-refractivity contribution in [3.63, 3.8) is 0 Å². The molecule has 0 saturated carbocycles. The number of rotatable bonds is 6. The van der Waals surface area contributed by atoms with Crippen LogP contribution in [0, 0.1) is 0 Å². The topological polar surface area (TPSA) is 68.0 Å². The first-order chi connectivity index (χ1) is 9.71. The normalized spacial score (nSPS) is 23.8. The van der Waals surface area contributed by atoms with E-state index in [0.29, 0.717) is 13.2 Å². The fourth-order valence-electron chi connectivity index (χ4n) is 2.48. The summed E-state index contributed by atoms with van der Waals surface area (Å²) in [4.78, 5) is 2.27. The van der Waals surface area contributed by atoms with E-state index in [1.54, 1.807) is 0 Å². The Morgan fingerprint density at radius 3 is 3.05 bits per heavy atom. The summed E-state index contributed by atoms with van der Waals surface area (Å²) in [6.07, 6.45) is 0.0702. The predicted octanol–water partition coefficient (Wildman–Crippen LogP) is 0.606. The Labute approximate surface area is 120 Å². The van der Waals surface area contributed by atoms with Crippen LogP contribution in [0.2, 0.25) is 0 Å². The highest BCUT2D eigenvalue weighted by Gasteiger charge is 2.24. The first-order valence-electron chi connectivity index (χ1n) is 7.11.